The molecule has 1 saturated heterocycles. The fourth-order valence-corrected chi connectivity index (χ4v) is 4.27. The Bertz CT molecular complexity index is 719. The van der Waals surface area contributed by atoms with Crippen LogP contribution < -0.4 is 4.90 Å². The molecule has 3 rings (SSSR count). The van der Waals surface area contributed by atoms with Crippen molar-refractivity contribution < 1.29 is 13.2 Å². The summed E-state index contributed by atoms with van der Waals surface area (Å²) in [4.78, 5) is 2.38. The smallest absolute Gasteiger partial charge is 0.370 e. The average Bonchev–Trinajstić information content (AvgIpc) is 2.70. The molecule has 0 spiro atoms. The molecule has 140 valence electrons. The van der Waals surface area contributed by atoms with E-state index in [2.05, 4.69) is 37.8 Å². The summed E-state index contributed by atoms with van der Waals surface area (Å²) in [5, 5.41) is 0. The minimum atomic E-state index is -4.29. The Morgan fingerprint density at radius 2 is 1.58 bits per heavy atom. The lowest BCUT2D eigenvalue weighted by Gasteiger charge is -2.31. The van der Waals surface area contributed by atoms with Crippen molar-refractivity contribution >= 4 is 5.69 Å². The van der Waals surface area contributed by atoms with E-state index >= 15 is 0 Å². The van der Waals surface area contributed by atoms with Gasteiger partial charge in [0, 0.05) is 24.7 Å². The molecule has 0 bridgehead atoms. The molecular formula is C22H26F3N. The van der Waals surface area contributed by atoms with Gasteiger partial charge in [-0.1, -0.05) is 51.1 Å². The minimum absolute atomic E-state index is 0.149. The Balaban J connectivity index is 1.92. The summed E-state index contributed by atoms with van der Waals surface area (Å²) in [6, 6.07) is 16.0. The van der Waals surface area contributed by atoms with E-state index in [-0.39, 0.29) is 11.3 Å². The molecule has 2 aromatic carbocycles. The second-order valence-corrected chi connectivity index (χ2v) is 8.29. The van der Waals surface area contributed by atoms with Crippen LogP contribution >= 0.6 is 0 Å². The molecule has 0 aliphatic carbocycles. The van der Waals surface area contributed by atoms with Crippen LogP contribution in [0.3, 0.4) is 0 Å². The highest BCUT2D eigenvalue weighted by Crippen LogP contribution is 2.41. The predicted octanol–water partition coefficient (Wildman–Crippen LogP) is 6.36. The number of hydrogen-bond acceptors (Lipinski definition) is 1. The molecule has 1 nitrogen and oxygen atoms in total. The van der Waals surface area contributed by atoms with E-state index in [1.54, 1.807) is 12.1 Å². The molecule has 1 aliphatic heterocycles. The zero-order valence-corrected chi connectivity index (χ0v) is 15.6. The number of halogens is 3. The molecule has 1 aliphatic rings. The van der Waals surface area contributed by atoms with Crippen LogP contribution in [0.1, 0.15) is 44.2 Å². The largest absolute Gasteiger partial charge is 0.416 e. The molecule has 26 heavy (non-hydrogen) atoms. The van der Waals surface area contributed by atoms with Gasteiger partial charge in [0.25, 0.3) is 0 Å². The van der Waals surface area contributed by atoms with Crippen molar-refractivity contribution in [2.75, 3.05) is 18.0 Å². The van der Waals surface area contributed by atoms with Crippen LogP contribution in [0.25, 0.3) is 0 Å². The van der Waals surface area contributed by atoms with Crippen LogP contribution in [0.5, 0.6) is 0 Å². The molecule has 0 amide bonds. The minimum Gasteiger partial charge on any atom is -0.370 e. The zero-order chi connectivity index (χ0) is 18.9. The van der Waals surface area contributed by atoms with Gasteiger partial charge in [-0.25, -0.2) is 0 Å². The van der Waals surface area contributed by atoms with E-state index in [4.69, 9.17) is 0 Å². The summed E-state index contributed by atoms with van der Waals surface area (Å²) in [5.41, 5.74) is 1.73. The zero-order valence-electron chi connectivity index (χ0n) is 15.6. The van der Waals surface area contributed by atoms with Crippen LogP contribution in [0.15, 0.2) is 54.6 Å². The summed E-state index contributed by atoms with van der Waals surface area (Å²) >= 11 is 0. The average molecular weight is 361 g/mol. The summed E-state index contributed by atoms with van der Waals surface area (Å²) in [6.45, 7) is 8.53. The SMILES string of the molecule is CC1CC(C)(C)CN(c2ccccc2)CC1c1ccc(C(F)(F)F)cc1. The fourth-order valence-electron chi connectivity index (χ4n) is 4.27. The van der Waals surface area contributed by atoms with Gasteiger partial charge in [-0.3, -0.25) is 0 Å². The number of anilines is 1. The molecular weight excluding hydrogens is 335 g/mol. The number of hydrogen-bond donors (Lipinski definition) is 0. The van der Waals surface area contributed by atoms with Gasteiger partial charge < -0.3 is 4.90 Å². The standard InChI is InChI=1S/C22H26F3N/c1-16-13-21(2,3)15-26(19-7-5-4-6-8-19)14-20(16)17-9-11-18(12-10-17)22(23,24)25/h4-12,16,20H,13-15H2,1-3H3. The molecule has 0 aromatic heterocycles. The highest BCUT2D eigenvalue weighted by molar-refractivity contribution is 5.47. The lowest BCUT2D eigenvalue weighted by atomic mass is 9.78. The monoisotopic (exact) mass is 361 g/mol. The van der Waals surface area contributed by atoms with Crippen LogP contribution in [-0.4, -0.2) is 13.1 Å². The predicted molar refractivity (Wildman–Crippen MR) is 100 cm³/mol. The van der Waals surface area contributed by atoms with Crippen molar-refractivity contribution in [1.29, 1.82) is 0 Å². The molecule has 2 aromatic rings. The van der Waals surface area contributed by atoms with Gasteiger partial charge in [0.05, 0.1) is 5.56 Å². The number of rotatable bonds is 2. The van der Waals surface area contributed by atoms with Gasteiger partial charge in [-0.05, 0) is 47.6 Å². The Labute approximate surface area is 153 Å². The molecule has 2 atom stereocenters. The fraction of sp³-hybridized carbons (Fsp3) is 0.455. The number of para-hydroxylation sites is 1. The first kappa shape index (κ1) is 18.8. The van der Waals surface area contributed by atoms with Gasteiger partial charge in [0.1, 0.15) is 0 Å². The lowest BCUT2D eigenvalue weighted by molar-refractivity contribution is -0.137. The second kappa shape index (κ2) is 6.98. The van der Waals surface area contributed by atoms with Crippen LogP contribution in [0.2, 0.25) is 0 Å². The number of alkyl halides is 3. The van der Waals surface area contributed by atoms with Gasteiger partial charge in [0.15, 0.2) is 0 Å². The number of benzene rings is 2. The molecule has 2 unspecified atom stereocenters. The first-order valence-electron chi connectivity index (χ1n) is 9.13. The highest BCUT2D eigenvalue weighted by Gasteiger charge is 2.35. The second-order valence-electron chi connectivity index (χ2n) is 8.29. The molecule has 1 fully saturated rings. The van der Waals surface area contributed by atoms with E-state index in [1.807, 2.05) is 18.2 Å². The summed E-state index contributed by atoms with van der Waals surface area (Å²) in [5.74, 6) is 0.606. The summed E-state index contributed by atoms with van der Waals surface area (Å²) in [6.07, 6.45) is -3.24. The van der Waals surface area contributed by atoms with Crippen molar-refractivity contribution in [3.05, 3.63) is 65.7 Å². The van der Waals surface area contributed by atoms with Crippen molar-refractivity contribution in [1.82, 2.24) is 0 Å². The first-order chi connectivity index (χ1) is 12.2. The normalized spacial score (nSPS) is 23.5. The van der Waals surface area contributed by atoms with Gasteiger partial charge in [-0.15, -0.1) is 0 Å². The molecule has 0 N–H and O–H groups in total. The summed E-state index contributed by atoms with van der Waals surface area (Å²) < 4.78 is 38.6. The molecule has 4 heteroatoms. The number of nitrogens with zero attached hydrogens (tertiary/aromatic N) is 1. The van der Waals surface area contributed by atoms with Crippen LogP contribution in [-0.2, 0) is 6.18 Å². The van der Waals surface area contributed by atoms with E-state index in [0.717, 1.165) is 25.1 Å². The van der Waals surface area contributed by atoms with Crippen LogP contribution in [0, 0.1) is 11.3 Å². The van der Waals surface area contributed by atoms with Gasteiger partial charge in [-0.2, -0.15) is 13.2 Å². The lowest BCUT2D eigenvalue weighted by Crippen LogP contribution is -2.33. The topological polar surface area (TPSA) is 3.24 Å². The molecule has 0 saturated carbocycles. The van der Waals surface area contributed by atoms with Crippen molar-refractivity contribution in [2.45, 2.75) is 39.3 Å². The maximum atomic E-state index is 12.9. The Kier molecular flexibility index (Phi) is 5.05. The Morgan fingerprint density at radius 3 is 2.15 bits per heavy atom. The third kappa shape index (κ3) is 4.22. The highest BCUT2D eigenvalue weighted by atomic mass is 19.4. The van der Waals surface area contributed by atoms with Crippen molar-refractivity contribution in [3.8, 4) is 0 Å². The van der Waals surface area contributed by atoms with Gasteiger partial charge in [0.2, 0.25) is 0 Å². The molecule has 1 heterocycles. The van der Waals surface area contributed by atoms with Gasteiger partial charge >= 0.3 is 6.18 Å². The molecule has 0 radical (unpaired) electrons. The van der Waals surface area contributed by atoms with E-state index in [1.165, 1.54) is 17.8 Å². The van der Waals surface area contributed by atoms with E-state index in [0.29, 0.717) is 5.92 Å². The maximum Gasteiger partial charge on any atom is 0.416 e. The van der Waals surface area contributed by atoms with Crippen molar-refractivity contribution in [2.24, 2.45) is 11.3 Å². The van der Waals surface area contributed by atoms with E-state index in [9.17, 15) is 13.2 Å². The Morgan fingerprint density at radius 1 is 0.962 bits per heavy atom. The van der Waals surface area contributed by atoms with Crippen molar-refractivity contribution in [3.63, 3.8) is 0 Å². The third-order valence-corrected chi connectivity index (χ3v) is 5.38. The third-order valence-electron chi connectivity index (χ3n) is 5.38. The quantitative estimate of drug-likeness (QED) is 0.601. The van der Waals surface area contributed by atoms with Crippen LogP contribution in [0.4, 0.5) is 18.9 Å². The Hall–Kier alpha value is -1.97. The van der Waals surface area contributed by atoms with E-state index < -0.39 is 11.7 Å². The first-order valence-corrected chi connectivity index (χ1v) is 9.13. The summed E-state index contributed by atoms with van der Waals surface area (Å²) in [7, 11) is 0. The maximum absolute atomic E-state index is 12.9.